The molecule has 1 aliphatic heterocycles. The molecule has 2 rings (SSSR count). The minimum absolute atomic E-state index is 0.0132. The fourth-order valence-corrected chi connectivity index (χ4v) is 3.92. The Labute approximate surface area is 124 Å². The number of nitrogens with one attached hydrogen (secondary N) is 1. The molecule has 0 radical (unpaired) electrons. The third-order valence-electron chi connectivity index (χ3n) is 2.83. The summed E-state index contributed by atoms with van der Waals surface area (Å²) in [5.74, 6) is -1.29. The average molecular weight is 362 g/mol. The number of nitrogen functional groups attached to an aromatic ring is 1. The van der Waals surface area contributed by atoms with Crippen LogP contribution < -0.4 is 11.1 Å². The highest BCUT2D eigenvalue weighted by molar-refractivity contribution is 9.10. The molecule has 1 aromatic carbocycles. The zero-order valence-corrected chi connectivity index (χ0v) is 12.9. The lowest BCUT2D eigenvalue weighted by molar-refractivity contribution is -0.134. The van der Waals surface area contributed by atoms with Gasteiger partial charge in [-0.25, -0.2) is 8.42 Å². The number of sulfonamides is 1. The van der Waals surface area contributed by atoms with Gasteiger partial charge in [-0.2, -0.15) is 4.31 Å². The molecule has 1 aliphatic rings. The van der Waals surface area contributed by atoms with Gasteiger partial charge in [-0.15, -0.1) is 0 Å². The molecule has 20 heavy (non-hydrogen) atoms. The highest BCUT2D eigenvalue weighted by Crippen LogP contribution is 2.28. The summed E-state index contributed by atoms with van der Waals surface area (Å²) in [6.07, 6.45) is 0. The number of carbonyl (C=O) groups is 2. The van der Waals surface area contributed by atoms with Crippen molar-refractivity contribution < 1.29 is 18.0 Å². The standard InChI is InChI=1S/C11H12BrN3O4S/c1-6-2-7(12)8(13)3-9(6)20(18,19)15-4-10(16)14-11(17)5-15/h2-3H,4-5,13H2,1H3,(H,14,16,17). The summed E-state index contributed by atoms with van der Waals surface area (Å²) in [6, 6.07) is 2.89. The van der Waals surface area contributed by atoms with Crippen LogP contribution in [0.25, 0.3) is 0 Å². The second-order valence-electron chi connectivity index (χ2n) is 4.38. The van der Waals surface area contributed by atoms with Gasteiger partial charge in [0.05, 0.1) is 18.0 Å². The van der Waals surface area contributed by atoms with Crippen LogP contribution in [0.2, 0.25) is 0 Å². The molecule has 108 valence electrons. The molecule has 0 unspecified atom stereocenters. The van der Waals surface area contributed by atoms with Crippen molar-refractivity contribution in [1.82, 2.24) is 9.62 Å². The fourth-order valence-electron chi connectivity index (χ4n) is 1.87. The van der Waals surface area contributed by atoms with Crippen molar-refractivity contribution >= 4 is 43.5 Å². The third kappa shape index (κ3) is 2.69. The third-order valence-corrected chi connectivity index (χ3v) is 5.45. The van der Waals surface area contributed by atoms with Gasteiger partial charge in [0.2, 0.25) is 21.8 Å². The molecule has 1 saturated heterocycles. The lowest BCUT2D eigenvalue weighted by Crippen LogP contribution is -2.53. The first-order valence-electron chi connectivity index (χ1n) is 5.60. The van der Waals surface area contributed by atoms with Crippen LogP contribution in [0.5, 0.6) is 0 Å². The smallest absolute Gasteiger partial charge is 0.244 e. The van der Waals surface area contributed by atoms with E-state index in [0.29, 0.717) is 10.0 Å². The number of nitrogens with zero attached hydrogens (tertiary/aromatic N) is 1. The second-order valence-corrected chi connectivity index (χ2v) is 7.14. The predicted octanol–water partition coefficient (Wildman–Crippen LogP) is -0.0132. The monoisotopic (exact) mass is 361 g/mol. The van der Waals surface area contributed by atoms with Crippen LogP contribution in [-0.4, -0.2) is 37.6 Å². The molecule has 0 aromatic heterocycles. The van der Waals surface area contributed by atoms with E-state index in [4.69, 9.17) is 5.73 Å². The number of halogens is 1. The Morgan fingerprint density at radius 2 is 1.80 bits per heavy atom. The number of hydrogen-bond donors (Lipinski definition) is 2. The van der Waals surface area contributed by atoms with Gasteiger partial charge >= 0.3 is 0 Å². The number of piperazine rings is 1. The van der Waals surface area contributed by atoms with Gasteiger partial charge in [-0.3, -0.25) is 14.9 Å². The maximum Gasteiger partial charge on any atom is 0.244 e. The van der Waals surface area contributed by atoms with Gasteiger partial charge in [-0.05, 0) is 40.5 Å². The Hall–Kier alpha value is -1.45. The largest absolute Gasteiger partial charge is 0.398 e. The normalized spacial score (nSPS) is 17.1. The molecule has 0 bridgehead atoms. The number of aryl methyl sites for hydroxylation is 1. The average Bonchev–Trinajstić information content (AvgIpc) is 2.32. The van der Waals surface area contributed by atoms with Crippen LogP contribution in [0.15, 0.2) is 21.5 Å². The summed E-state index contributed by atoms with van der Waals surface area (Å²) < 4.78 is 26.4. The molecule has 3 N–H and O–H groups in total. The van der Waals surface area contributed by atoms with Crippen LogP contribution in [-0.2, 0) is 19.6 Å². The maximum absolute atomic E-state index is 12.5. The molecule has 0 spiro atoms. The Morgan fingerprint density at radius 1 is 1.25 bits per heavy atom. The lowest BCUT2D eigenvalue weighted by Gasteiger charge is -2.25. The minimum atomic E-state index is -3.95. The van der Waals surface area contributed by atoms with E-state index in [9.17, 15) is 18.0 Å². The van der Waals surface area contributed by atoms with Crippen molar-refractivity contribution in [2.45, 2.75) is 11.8 Å². The van der Waals surface area contributed by atoms with E-state index in [2.05, 4.69) is 21.2 Å². The number of benzene rings is 1. The summed E-state index contributed by atoms with van der Waals surface area (Å²) in [5.41, 5.74) is 6.44. The van der Waals surface area contributed by atoms with Crippen LogP contribution in [0.3, 0.4) is 0 Å². The zero-order chi connectivity index (χ0) is 15.1. The minimum Gasteiger partial charge on any atom is -0.398 e. The number of imide groups is 1. The summed E-state index contributed by atoms with van der Waals surface area (Å²) in [5, 5.41) is 2.05. The summed E-state index contributed by atoms with van der Waals surface area (Å²) in [7, 11) is -3.95. The number of hydrogen-bond acceptors (Lipinski definition) is 5. The van der Waals surface area contributed by atoms with Gasteiger partial charge in [0.25, 0.3) is 0 Å². The van der Waals surface area contributed by atoms with Crippen LogP contribution in [0.4, 0.5) is 5.69 Å². The molecule has 7 nitrogen and oxygen atoms in total. The number of carbonyl (C=O) groups excluding carboxylic acids is 2. The molecule has 0 aliphatic carbocycles. The molecular weight excluding hydrogens is 350 g/mol. The summed E-state index contributed by atoms with van der Waals surface area (Å²) >= 11 is 3.21. The van der Waals surface area contributed by atoms with Crippen molar-refractivity contribution in [2.75, 3.05) is 18.8 Å². The van der Waals surface area contributed by atoms with E-state index in [1.54, 1.807) is 13.0 Å². The molecule has 0 atom stereocenters. The van der Waals surface area contributed by atoms with Gasteiger partial charge < -0.3 is 5.73 Å². The van der Waals surface area contributed by atoms with E-state index in [0.717, 1.165) is 4.31 Å². The van der Waals surface area contributed by atoms with E-state index < -0.39 is 21.8 Å². The molecule has 1 fully saturated rings. The predicted molar refractivity (Wildman–Crippen MR) is 75.2 cm³/mol. The highest BCUT2D eigenvalue weighted by Gasteiger charge is 2.33. The van der Waals surface area contributed by atoms with Crippen LogP contribution in [0, 0.1) is 6.92 Å². The Morgan fingerprint density at radius 3 is 2.35 bits per heavy atom. The van der Waals surface area contributed by atoms with Crippen LogP contribution >= 0.6 is 15.9 Å². The van der Waals surface area contributed by atoms with E-state index in [-0.39, 0.29) is 23.7 Å². The van der Waals surface area contributed by atoms with Crippen molar-refractivity contribution in [3.8, 4) is 0 Å². The molecular formula is C11H12BrN3O4S. The summed E-state index contributed by atoms with van der Waals surface area (Å²) in [4.78, 5) is 22.6. The first-order chi connectivity index (χ1) is 9.21. The van der Waals surface area contributed by atoms with Gasteiger partial charge in [0, 0.05) is 10.2 Å². The maximum atomic E-state index is 12.5. The van der Waals surface area contributed by atoms with E-state index in [1.165, 1.54) is 6.07 Å². The summed E-state index contributed by atoms with van der Waals surface area (Å²) in [6.45, 7) is 0.843. The van der Waals surface area contributed by atoms with Crippen molar-refractivity contribution in [3.63, 3.8) is 0 Å². The molecule has 1 heterocycles. The van der Waals surface area contributed by atoms with E-state index in [1.807, 2.05) is 0 Å². The Balaban J connectivity index is 2.47. The molecule has 2 amide bonds. The quantitative estimate of drug-likeness (QED) is 0.568. The van der Waals surface area contributed by atoms with Crippen molar-refractivity contribution in [1.29, 1.82) is 0 Å². The topological polar surface area (TPSA) is 110 Å². The highest BCUT2D eigenvalue weighted by atomic mass is 79.9. The number of amides is 2. The first kappa shape index (κ1) is 14.9. The molecule has 0 saturated carbocycles. The fraction of sp³-hybridized carbons (Fsp3) is 0.273. The first-order valence-corrected chi connectivity index (χ1v) is 7.83. The van der Waals surface area contributed by atoms with Gasteiger partial charge in [0.15, 0.2) is 0 Å². The van der Waals surface area contributed by atoms with Crippen LogP contribution in [0.1, 0.15) is 5.56 Å². The Bertz CT molecular complexity index is 686. The van der Waals surface area contributed by atoms with Crippen molar-refractivity contribution in [3.05, 3.63) is 22.2 Å². The SMILES string of the molecule is Cc1cc(Br)c(N)cc1S(=O)(=O)N1CC(=O)NC(=O)C1. The van der Waals surface area contributed by atoms with Gasteiger partial charge in [0.1, 0.15) is 0 Å². The number of anilines is 1. The molecule has 9 heteroatoms. The Kier molecular flexibility index (Phi) is 3.85. The lowest BCUT2D eigenvalue weighted by atomic mass is 10.2. The second kappa shape index (κ2) is 5.15. The molecule has 1 aromatic rings. The zero-order valence-electron chi connectivity index (χ0n) is 10.5. The van der Waals surface area contributed by atoms with Crippen molar-refractivity contribution in [2.24, 2.45) is 0 Å². The van der Waals surface area contributed by atoms with E-state index >= 15 is 0 Å². The van der Waals surface area contributed by atoms with Gasteiger partial charge in [-0.1, -0.05) is 0 Å². The number of rotatable bonds is 2. The number of nitrogens with two attached hydrogens (primary N) is 1.